The summed E-state index contributed by atoms with van der Waals surface area (Å²) in [7, 11) is 1.25. The first kappa shape index (κ1) is 17.5. The summed E-state index contributed by atoms with van der Waals surface area (Å²) < 4.78 is 4.76. The molecule has 1 atom stereocenters. The van der Waals surface area contributed by atoms with Crippen molar-refractivity contribution in [2.45, 2.75) is 12.5 Å². The molecule has 1 amide bonds. The molecule has 0 aromatic heterocycles. The van der Waals surface area contributed by atoms with Gasteiger partial charge in [0.25, 0.3) is 5.91 Å². The van der Waals surface area contributed by atoms with Crippen LogP contribution in [0.4, 0.5) is 0 Å². The lowest BCUT2D eigenvalue weighted by atomic mass is 10.0. The summed E-state index contributed by atoms with van der Waals surface area (Å²) in [5.41, 5.74) is 1.49. The summed E-state index contributed by atoms with van der Waals surface area (Å²) in [6.45, 7) is 0. The molecule has 0 fully saturated rings. The summed E-state index contributed by atoms with van der Waals surface area (Å²) in [5.74, 6) is -0.999. The van der Waals surface area contributed by atoms with Crippen LogP contribution < -0.4 is 5.32 Å². The van der Waals surface area contributed by atoms with Crippen molar-refractivity contribution in [3.63, 3.8) is 0 Å². The van der Waals surface area contributed by atoms with E-state index in [9.17, 15) is 9.59 Å². The average Bonchev–Trinajstić information content (AvgIpc) is 2.61. The van der Waals surface area contributed by atoms with Gasteiger partial charge in [-0.3, -0.25) is 4.79 Å². The standard InChI is InChI=1S/C18H15ClN2O3/c1-24-18(23)16(10-13-4-2-3-5-14(13)11-20)21-17(22)12-6-8-15(19)9-7-12/h2-9,16H,10H2,1H3,(H,21,22)/t16-/m0/s1. The molecule has 2 aromatic carbocycles. The molecule has 1 N–H and O–H groups in total. The van der Waals surface area contributed by atoms with Gasteiger partial charge in [0, 0.05) is 17.0 Å². The van der Waals surface area contributed by atoms with E-state index < -0.39 is 17.9 Å². The highest BCUT2D eigenvalue weighted by Gasteiger charge is 2.23. The first-order chi connectivity index (χ1) is 11.5. The van der Waals surface area contributed by atoms with Crippen molar-refractivity contribution in [2.24, 2.45) is 0 Å². The topological polar surface area (TPSA) is 79.2 Å². The van der Waals surface area contributed by atoms with Crippen LogP contribution in [0.25, 0.3) is 0 Å². The van der Waals surface area contributed by atoms with Gasteiger partial charge in [-0.2, -0.15) is 5.26 Å². The molecule has 0 saturated carbocycles. The van der Waals surface area contributed by atoms with Crippen LogP contribution in [0, 0.1) is 11.3 Å². The normalized spacial score (nSPS) is 11.2. The fourth-order valence-electron chi connectivity index (χ4n) is 2.21. The van der Waals surface area contributed by atoms with Crippen LogP contribution in [-0.2, 0) is 16.0 Å². The van der Waals surface area contributed by atoms with E-state index in [0.29, 0.717) is 21.7 Å². The number of hydrogen-bond donors (Lipinski definition) is 1. The van der Waals surface area contributed by atoms with E-state index in [0.717, 1.165) is 0 Å². The van der Waals surface area contributed by atoms with E-state index in [1.165, 1.54) is 7.11 Å². The molecular weight excluding hydrogens is 328 g/mol. The Morgan fingerprint density at radius 1 is 1.21 bits per heavy atom. The second kappa shape index (κ2) is 8.14. The number of ether oxygens (including phenoxy) is 1. The molecule has 0 aliphatic carbocycles. The lowest BCUT2D eigenvalue weighted by Gasteiger charge is -2.17. The second-order valence-corrected chi connectivity index (χ2v) is 5.47. The highest BCUT2D eigenvalue weighted by molar-refractivity contribution is 6.30. The predicted molar refractivity (Wildman–Crippen MR) is 89.6 cm³/mol. The zero-order chi connectivity index (χ0) is 17.5. The first-order valence-corrected chi connectivity index (χ1v) is 7.55. The van der Waals surface area contributed by atoms with Crippen molar-refractivity contribution in [3.8, 4) is 6.07 Å². The number of amides is 1. The Bertz CT molecular complexity index is 782. The van der Waals surface area contributed by atoms with E-state index in [2.05, 4.69) is 11.4 Å². The van der Waals surface area contributed by atoms with Crippen LogP contribution in [0.1, 0.15) is 21.5 Å². The zero-order valence-corrected chi connectivity index (χ0v) is 13.7. The maximum absolute atomic E-state index is 12.3. The summed E-state index contributed by atoms with van der Waals surface area (Å²) in [5, 5.41) is 12.3. The Morgan fingerprint density at radius 2 is 1.88 bits per heavy atom. The summed E-state index contributed by atoms with van der Waals surface area (Å²) >= 11 is 5.80. The van der Waals surface area contributed by atoms with E-state index in [4.69, 9.17) is 21.6 Å². The number of nitrogens with zero attached hydrogens (tertiary/aromatic N) is 1. The van der Waals surface area contributed by atoms with Gasteiger partial charge in [-0.15, -0.1) is 0 Å². The minimum atomic E-state index is -0.896. The smallest absolute Gasteiger partial charge is 0.328 e. The number of benzene rings is 2. The maximum Gasteiger partial charge on any atom is 0.328 e. The minimum absolute atomic E-state index is 0.162. The number of halogens is 1. The molecule has 0 spiro atoms. The van der Waals surface area contributed by atoms with Gasteiger partial charge in [0.1, 0.15) is 6.04 Å². The minimum Gasteiger partial charge on any atom is -0.467 e. The Balaban J connectivity index is 2.20. The van der Waals surface area contributed by atoms with Gasteiger partial charge in [0.05, 0.1) is 18.7 Å². The van der Waals surface area contributed by atoms with E-state index in [1.54, 1.807) is 48.5 Å². The van der Waals surface area contributed by atoms with Crippen LogP contribution in [-0.4, -0.2) is 25.0 Å². The van der Waals surface area contributed by atoms with Gasteiger partial charge >= 0.3 is 5.97 Å². The summed E-state index contributed by atoms with van der Waals surface area (Å²) in [4.78, 5) is 24.3. The number of rotatable bonds is 5. The van der Waals surface area contributed by atoms with Crippen molar-refractivity contribution in [1.82, 2.24) is 5.32 Å². The van der Waals surface area contributed by atoms with Gasteiger partial charge in [-0.1, -0.05) is 29.8 Å². The Kier molecular flexibility index (Phi) is 5.94. The van der Waals surface area contributed by atoms with Gasteiger partial charge in [-0.05, 0) is 35.9 Å². The lowest BCUT2D eigenvalue weighted by Crippen LogP contribution is -2.43. The molecule has 0 aliphatic heterocycles. The van der Waals surface area contributed by atoms with E-state index in [1.807, 2.05) is 0 Å². The molecule has 0 saturated heterocycles. The fraction of sp³-hybridized carbons (Fsp3) is 0.167. The molecule has 5 nitrogen and oxygen atoms in total. The number of esters is 1. The van der Waals surface area contributed by atoms with E-state index in [-0.39, 0.29) is 6.42 Å². The van der Waals surface area contributed by atoms with Gasteiger partial charge in [-0.25, -0.2) is 4.79 Å². The van der Waals surface area contributed by atoms with Crippen molar-refractivity contribution in [1.29, 1.82) is 5.26 Å². The third-order valence-corrected chi connectivity index (χ3v) is 3.71. The van der Waals surface area contributed by atoms with E-state index >= 15 is 0 Å². The zero-order valence-electron chi connectivity index (χ0n) is 13.0. The average molecular weight is 343 g/mol. The molecule has 6 heteroatoms. The van der Waals surface area contributed by atoms with Crippen molar-refractivity contribution >= 4 is 23.5 Å². The largest absolute Gasteiger partial charge is 0.467 e. The highest BCUT2D eigenvalue weighted by atomic mass is 35.5. The Morgan fingerprint density at radius 3 is 2.50 bits per heavy atom. The summed E-state index contributed by atoms with van der Waals surface area (Å²) in [6.07, 6.45) is 0.162. The van der Waals surface area contributed by atoms with Crippen LogP contribution in [0.5, 0.6) is 0 Å². The number of methoxy groups -OCH3 is 1. The molecule has 2 aromatic rings. The quantitative estimate of drug-likeness (QED) is 0.847. The number of carbonyl (C=O) groups is 2. The second-order valence-electron chi connectivity index (χ2n) is 5.03. The molecule has 0 unspecified atom stereocenters. The Hall–Kier alpha value is -2.84. The molecular formula is C18H15ClN2O3. The molecule has 122 valence electrons. The molecule has 0 aliphatic rings. The SMILES string of the molecule is COC(=O)[C@H](Cc1ccccc1C#N)NC(=O)c1ccc(Cl)cc1. The highest BCUT2D eigenvalue weighted by Crippen LogP contribution is 2.13. The molecule has 0 heterocycles. The fourth-order valence-corrected chi connectivity index (χ4v) is 2.33. The molecule has 24 heavy (non-hydrogen) atoms. The van der Waals surface area contributed by atoms with Crippen LogP contribution in [0.15, 0.2) is 48.5 Å². The van der Waals surface area contributed by atoms with Crippen LogP contribution in [0.2, 0.25) is 5.02 Å². The van der Waals surface area contributed by atoms with Gasteiger partial charge in [0.15, 0.2) is 0 Å². The predicted octanol–water partition coefficient (Wildman–Crippen LogP) is 2.73. The third kappa shape index (κ3) is 4.34. The van der Waals surface area contributed by atoms with Crippen molar-refractivity contribution < 1.29 is 14.3 Å². The number of carbonyl (C=O) groups excluding carboxylic acids is 2. The van der Waals surface area contributed by atoms with Crippen LogP contribution in [0.3, 0.4) is 0 Å². The monoisotopic (exact) mass is 342 g/mol. The third-order valence-electron chi connectivity index (χ3n) is 3.46. The number of hydrogen-bond acceptors (Lipinski definition) is 4. The van der Waals surface area contributed by atoms with Gasteiger partial charge < -0.3 is 10.1 Å². The molecule has 2 rings (SSSR count). The summed E-state index contributed by atoms with van der Waals surface area (Å²) in [6, 6.07) is 14.4. The number of nitrogens with one attached hydrogen (secondary N) is 1. The lowest BCUT2D eigenvalue weighted by molar-refractivity contribution is -0.142. The van der Waals surface area contributed by atoms with Crippen molar-refractivity contribution in [3.05, 3.63) is 70.2 Å². The molecule has 0 bridgehead atoms. The van der Waals surface area contributed by atoms with Gasteiger partial charge in [0.2, 0.25) is 0 Å². The van der Waals surface area contributed by atoms with Crippen LogP contribution >= 0.6 is 11.6 Å². The molecule has 0 radical (unpaired) electrons. The Labute approximate surface area is 144 Å². The maximum atomic E-state index is 12.3. The first-order valence-electron chi connectivity index (χ1n) is 7.17. The number of nitriles is 1. The van der Waals surface area contributed by atoms with Crippen molar-refractivity contribution in [2.75, 3.05) is 7.11 Å².